The molecule has 2 aliphatic rings. The molecule has 198 valence electrons. The van der Waals surface area contributed by atoms with E-state index < -0.39 is 27.9 Å². The van der Waals surface area contributed by atoms with Crippen LogP contribution in [0, 0.1) is 11.3 Å². The van der Waals surface area contributed by atoms with Crippen LogP contribution in [0.5, 0.6) is 0 Å². The van der Waals surface area contributed by atoms with Gasteiger partial charge in [0.2, 0.25) is 10.0 Å². The van der Waals surface area contributed by atoms with Crippen LogP contribution in [-0.2, 0) is 29.1 Å². The second-order valence-electron chi connectivity index (χ2n) is 8.77. The molecule has 0 aliphatic carbocycles. The molecule has 0 bridgehead atoms. The van der Waals surface area contributed by atoms with E-state index in [1.165, 1.54) is 16.4 Å². The number of para-hydroxylation sites is 1. The van der Waals surface area contributed by atoms with Gasteiger partial charge >= 0.3 is 11.9 Å². The molecule has 4 rings (SSSR count). The first-order valence-corrected chi connectivity index (χ1v) is 13.5. The van der Waals surface area contributed by atoms with Crippen molar-refractivity contribution >= 4 is 27.6 Å². The number of hydrogen-bond donors (Lipinski definition) is 1. The molecule has 2 aromatic rings. The Morgan fingerprint density at radius 1 is 0.947 bits per heavy atom. The van der Waals surface area contributed by atoms with Crippen molar-refractivity contribution in [2.45, 2.75) is 30.1 Å². The lowest BCUT2D eigenvalue weighted by atomic mass is 9.81. The van der Waals surface area contributed by atoms with Gasteiger partial charge in [0.25, 0.3) is 0 Å². The van der Waals surface area contributed by atoms with Crippen LogP contribution < -0.4 is 10.6 Å². The molecule has 1 fully saturated rings. The van der Waals surface area contributed by atoms with E-state index in [0.29, 0.717) is 18.7 Å². The third-order valence-corrected chi connectivity index (χ3v) is 8.60. The van der Waals surface area contributed by atoms with Crippen LogP contribution in [0.15, 0.2) is 82.2 Å². The minimum Gasteiger partial charge on any atom is -0.466 e. The van der Waals surface area contributed by atoms with E-state index in [2.05, 4.69) is 6.07 Å². The summed E-state index contributed by atoms with van der Waals surface area (Å²) < 4.78 is 39.0. The molecule has 2 aliphatic heterocycles. The number of hydrogen-bond acceptors (Lipinski definition) is 9. The topological polar surface area (TPSA) is 143 Å². The van der Waals surface area contributed by atoms with E-state index in [1.54, 1.807) is 42.5 Å². The van der Waals surface area contributed by atoms with E-state index in [9.17, 15) is 23.3 Å². The highest BCUT2D eigenvalue weighted by atomic mass is 32.2. The highest BCUT2D eigenvalue weighted by Crippen LogP contribution is 2.44. The Kier molecular flexibility index (Phi) is 7.85. The molecule has 1 atom stereocenters. The Morgan fingerprint density at radius 3 is 2.16 bits per heavy atom. The second kappa shape index (κ2) is 11.1. The third kappa shape index (κ3) is 4.64. The van der Waals surface area contributed by atoms with Gasteiger partial charge in [-0.3, -0.25) is 4.90 Å². The predicted octanol–water partition coefficient (Wildman–Crippen LogP) is 2.76. The van der Waals surface area contributed by atoms with E-state index >= 15 is 0 Å². The van der Waals surface area contributed by atoms with Crippen LogP contribution in [0.25, 0.3) is 0 Å². The number of nitriles is 1. The first-order chi connectivity index (χ1) is 18.3. The van der Waals surface area contributed by atoms with Gasteiger partial charge in [0.1, 0.15) is 16.4 Å². The van der Waals surface area contributed by atoms with Gasteiger partial charge in [-0.25, -0.2) is 18.0 Å². The van der Waals surface area contributed by atoms with Crippen molar-refractivity contribution in [1.82, 2.24) is 4.31 Å². The largest absolute Gasteiger partial charge is 0.466 e. The molecule has 38 heavy (non-hydrogen) atoms. The minimum atomic E-state index is -4.01. The van der Waals surface area contributed by atoms with Crippen molar-refractivity contribution < 1.29 is 27.5 Å². The molecule has 2 N–H and O–H groups in total. The van der Waals surface area contributed by atoms with Gasteiger partial charge in [-0.05, 0) is 30.5 Å². The van der Waals surface area contributed by atoms with Gasteiger partial charge in [-0.1, -0.05) is 48.9 Å². The number of nitrogens with zero attached hydrogens (tertiary/aromatic N) is 3. The Hall–Kier alpha value is -4.14. The fourth-order valence-corrected chi connectivity index (χ4v) is 6.56. The van der Waals surface area contributed by atoms with Gasteiger partial charge in [-0.2, -0.15) is 9.57 Å². The predicted molar refractivity (Wildman–Crippen MR) is 139 cm³/mol. The number of ether oxygens (including phenoxy) is 2. The molecule has 2 heterocycles. The van der Waals surface area contributed by atoms with Gasteiger partial charge in [-0.15, -0.1) is 0 Å². The normalized spacial score (nSPS) is 18.7. The van der Waals surface area contributed by atoms with Crippen molar-refractivity contribution in [3.8, 4) is 6.07 Å². The number of piperidine rings is 1. The lowest BCUT2D eigenvalue weighted by molar-refractivity contribution is -0.139. The first-order valence-electron chi connectivity index (χ1n) is 12.0. The molecule has 2 aromatic carbocycles. The average molecular weight is 537 g/mol. The summed E-state index contributed by atoms with van der Waals surface area (Å²) in [5, 5.41) is 10.2. The van der Waals surface area contributed by atoms with Gasteiger partial charge in [0.05, 0.1) is 43.0 Å². The number of carbonyl (C=O) groups is 2. The van der Waals surface area contributed by atoms with Crippen LogP contribution in [0.4, 0.5) is 5.69 Å². The monoisotopic (exact) mass is 536 g/mol. The maximum Gasteiger partial charge on any atom is 0.355 e. The summed E-state index contributed by atoms with van der Waals surface area (Å²) in [6.45, 7) is 0.712. The Labute approximate surface area is 221 Å². The molecule has 0 spiro atoms. The van der Waals surface area contributed by atoms with Gasteiger partial charge < -0.3 is 15.2 Å². The number of nitrogens with two attached hydrogens (primary N) is 1. The van der Waals surface area contributed by atoms with Crippen LogP contribution in [-0.4, -0.2) is 52.0 Å². The lowest BCUT2D eigenvalue weighted by Gasteiger charge is -2.37. The Morgan fingerprint density at radius 2 is 1.55 bits per heavy atom. The number of esters is 2. The standard InChI is InChI=1S/C27H28N4O6S/c1-36-26(32)23-22(18-11-5-3-6-12-18)19(17-28)25(29)31(24(23)27(33)37-2)20-13-7-8-14-21(20)38(34,35)30-15-9-4-10-16-30/h3,5-8,11-14,22H,4,9-10,15-16,29H2,1-2H3. The fourth-order valence-electron chi connectivity index (χ4n) is 4.87. The molecule has 10 nitrogen and oxygen atoms in total. The number of rotatable bonds is 6. The molecular formula is C27H28N4O6S. The number of methoxy groups -OCH3 is 2. The van der Waals surface area contributed by atoms with Crippen LogP contribution in [0.1, 0.15) is 30.7 Å². The van der Waals surface area contributed by atoms with Crippen molar-refractivity contribution in [1.29, 1.82) is 5.26 Å². The Balaban J connectivity index is 2.05. The smallest absolute Gasteiger partial charge is 0.355 e. The van der Waals surface area contributed by atoms with E-state index in [0.717, 1.165) is 38.4 Å². The van der Waals surface area contributed by atoms with Crippen molar-refractivity contribution in [3.05, 3.63) is 82.8 Å². The summed E-state index contributed by atoms with van der Waals surface area (Å²) in [7, 11) is -1.73. The molecular weight excluding hydrogens is 508 g/mol. The van der Waals surface area contributed by atoms with Crippen LogP contribution in [0.2, 0.25) is 0 Å². The molecule has 0 saturated carbocycles. The van der Waals surface area contributed by atoms with Crippen LogP contribution >= 0.6 is 0 Å². The zero-order valence-electron chi connectivity index (χ0n) is 21.1. The number of benzene rings is 2. The maximum absolute atomic E-state index is 13.8. The van der Waals surface area contributed by atoms with E-state index in [1.807, 2.05) is 0 Å². The summed E-state index contributed by atoms with van der Waals surface area (Å²) in [4.78, 5) is 27.6. The summed E-state index contributed by atoms with van der Waals surface area (Å²) in [5.41, 5.74) is 6.51. The number of allylic oxidation sites excluding steroid dienone is 1. The molecule has 1 unspecified atom stereocenters. The number of carbonyl (C=O) groups excluding carboxylic acids is 2. The number of sulfonamides is 1. The number of anilines is 1. The maximum atomic E-state index is 13.8. The molecule has 0 amide bonds. The quantitative estimate of drug-likeness (QED) is 0.551. The molecule has 1 saturated heterocycles. The molecule has 0 aromatic heterocycles. The highest BCUT2D eigenvalue weighted by Gasteiger charge is 2.44. The zero-order valence-corrected chi connectivity index (χ0v) is 21.9. The summed E-state index contributed by atoms with van der Waals surface area (Å²) >= 11 is 0. The molecule has 11 heteroatoms. The average Bonchev–Trinajstić information content (AvgIpc) is 2.96. The first kappa shape index (κ1) is 26.9. The third-order valence-electron chi connectivity index (χ3n) is 6.65. The van der Waals surface area contributed by atoms with Gasteiger partial charge in [0, 0.05) is 13.1 Å². The Bertz CT molecular complexity index is 1450. The summed E-state index contributed by atoms with van der Waals surface area (Å²) in [5.74, 6) is -3.09. The molecule has 0 radical (unpaired) electrons. The lowest BCUT2D eigenvalue weighted by Crippen LogP contribution is -2.42. The summed E-state index contributed by atoms with van der Waals surface area (Å²) in [6.07, 6.45) is 2.38. The SMILES string of the molecule is COC(=O)C1=C(C(=O)OC)N(c2ccccc2S(=O)(=O)N2CCCCC2)C(N)=C(C#N)C1c1ccccc1. The van der Waals surface area contributed by atoms with Crippen molar-refractivity contribution in [3.63, 3.8) is 0 Å². The highest BCUT2D eigenvalue weighted by molar-refractivity contribution is 7.89. The second-order valence-corrected chi connectivity index (χ2v) is 10.7. The van der Waals surface area contributed by atoms with Crippen LogP contribution in [0.3, 0.4) is 0 Å². The zero-order chi connectivity index (χ0) is 27.4. The van der Waals surface area contributed by atoms with Crippen molar-refractivity contribution in [2.24, 2.45) is 5.73 Å². The van der Waals surface area contributed by atoms with E-state index in [-0.39, 0.29) is 33.2 Å². The summed E-state index contributed by atoms with van der Waals surface area (Å²) in [6, 6.07) is 16.7. The van der Waals surface area contributed by atoms with E-state index in [4.69, 9.17) is 15.2 Å². The minimum absolute atomic E-state index is 0.0108. The van der Waals surface area contributed by atoms with Crippen molar-refractivity contribution in [2.75, 3.05) is 32.2 Å². The van der Waals surface area contributed by atoms with Gasteiger partial charge in [0.15, 0.2) is 0 Å². The fraction of sp³-hybridized carbons (Fsp3) is 0.296.